The molecule has 13 heavy (non-hydrogen) atoms. The smallest absolute Gasteiger partial charge is 0.260 e. The number of rotatable bonds is 2. The van der Waals surface area contributed by atoms with Gasteiger partial charge < -0.3 is 10.1 Å². The van der Waals surface area contributed by atoms with E-state index in [0.29, 0.717) is 6.61 Å². The lowest BCUT2D eigenvalue weighted by molar-refractivity contribution is -0.134. The molecule has 0 bridgehead atoms. The molecule has 0 aromatic carbocycles. The molecule has 1 aliphatic heterocycles. The summed E-state index contributed by atoms with van der Waals surface area (Å²) in [5.74, 6) is -0.477. The lowest BCUT2D eigenvalue weighted by Crippen LogP contribution is -2.50. The Morgan fingerprint density at radius 1 is 1.54 bits per heavy atom. The van der Waals surface area contributed by atoms with Gasteiger partial charge in [0.1, 0.15) is 0 Å². The Morgan fingerprint density at radius 3 is 2.77 bits per heavy atom. The normalized spacial score (nSPS) is 34.2. The van der Waals surface area contributed by atoms with Gasteiger partial charge in [-0.15, -0.1) is 0 Å². The van der Waals surface area contributed by atoms with Crippen LogP contribution in [0.15, 0.2) is 0 Å². The Morgan fingerprint density at radius 2 is 2.31 bits per heavy atom. The van der Waals surface area contributed by atoms with Crippen molar-refractivity contribution < 1.29 is 13.9 Å². The van der Waals surface area contributed by atoms with Crippen molar-refractivity contribution in [3.05, 3.63) is 0 Å². The summed E-state index contributed by atoms with van der Waals surface area (Å²) < 4.78 is 18.6. The van der Waals surface area contributed by atoms with Gasteiger partial charge in [0.05, 0.1) is 13.2 Å². The fourth-order valence-corrected chi connectivity index (χ4v) is 1.59. The summed E-state index contributed by atoms with van der Waals surface area (Å²) in [6.07, 6.45) is 3.32. The maximum Gasteiger partial charge on any atom is 0.260 e. The Kier molecular flexibility index (Phi) is 2.24. The Bertz CT molecular complexity index is 210. The molecular formula is C9H14FNO2. The zero-order chi connectivity index (χ0) is 9.31. The molecule has 0 radical (unpaired) electrons. The second-order valence-electron chi connectivity index (χ2n) is 3.87. The van der Waals surface area contributed by atoms with E-state index in [1.165, 1.54) is 0 Å². The first-order chi connectivity index (χ1) is 6.21. The van der Waals surface area contributed by atoms with Gasteiger partial charge in [-0.05, 0) is 19.3 Å². The summed E-state index contributed by atoms with van der Waals surface area (Å²) in [7, 11) is 0. The number of ether oxygens (including phenoxy) is 1. The molecule has 2 fully saturated rings. The van der Waals surface area contributed by atoms with Gasteiger partial charge in [-0.1, -0.05) is 0 Å². The average Bonchev–Trinajstić information content (AvgIpc) is 2.45. The molecule has 4 heteroatoms. The summed E-state index contributed by atoms with van der Waals surface area (Å²) in [4.78, 5) is 11.4. The molecule has 0 aromatic heterocycles. The third-order valence-electron chi connectivity index (χ3n) is 2.82. The van der Waals surface area contributed by atoms with Crippen LogP contribution < -0.4 is 5.32 Å². The van der Waals surface area contributed by atoms with Gasteiger partial charge in [0.25, 0.3) is 5.91 Å². The number of carbonyl (C=O) groups is 1. The quantitative estimate of drug-likeness (QED) is 0.694. The van der Waals surface area contributed by atoms with Crippen LogP contribution in [0.25, 0.3) is 0 Å². The third kappa shape index (κ3) is 1.68. The van der Waals surface area contributed by atoms with Crippen molar-refractivity contribution in [1.29, 1.82) is 0 Å². The van der Waals surface area contributed by atoms with Crippen LogP contribution in [0.1, 0.15) is 25.7 Å². The van der Waals surface area contributed by atoms with E-state index in [-0.39, 0.29) is 19.1 Å². The summed E-state index contributed by atoms with van der Waals surface area (Å²) >= 11 is 0. The van der Waals surface area contributed by atoms with Gasteiger partial charge in [0.2, 0.25) is 5.67 Å². The van der Waals surface area contributed by atoms with Crippen molar-refractivity contribution in [1.82, 2.24) is 5.32 Å². The van der Waals surface area contributed by atoms with E-state index in [1.54, 1.807) is 0 Å². The first kappa shape index (κ1) is 8.94. The highest BCUT2D eigenvalue weighted by molar-refractivity contribution is 5.85. The lowest BCUT2D eigenvalue weighted by Gasteiger charge is -2.29. The van der Waals surface area contributed by atoms with Crippen molar-refractivity contribution >= 4 is 5.91 Å². The first-order valence-corrected chi connectivity index (χ1v) is 4.78. The van der Waals surface area contributed by atoms with E-state index in [0.717, 1.165) is 19.3 Å². The molecule has 1 atom stereocenters. The predicted molar refractivity (Wildman–Crippen MR) is 45.1 cm³/mol. The maximum absolute atomic E-state index is 13.7. The van der Waals surface area contributed by atoms with Gasteiger partial charge in [0, 0.05) is 12.5 Å². The number of amides is 1. The number of alkyl halides is 1. The second-order valence-corrected chi connectivity index (χ2v) is 3.87. The Hall–Kier alpha value is -0.640. The maximum atomic E-state index is 13.7. The standard InChI is InChI=1S/C9H14FNO2/c10-9(4-5-13-6-9)8(12)11-7-2-1-3-7/h7H,1-6H2,(H,11,12). The molecular weight excluding hydrogens is 173 g/mol. The number of halogens is 1. The SMILES string of the molecule is O=C(NC1CCC1)C1(F)CCOC1. The molecule has 74 valence electrons. The van der Waals surface area contributed by atoms with Crippen LogP contribution in [-0.2, 0) is 9.53 Å². The Labute approximate surface area is 76.6 Å². The first-order valence-electron chi connectivity index (χ1n) is 4.78. The highest BCUT2D eigenvalue weighted by atomic mass is 19.1. The molecule has 2 rings (SSSR count). The molecule has 2 aliphatic rings. The number of hydrogen-bond acceptors (Lipinski definition) is 2. The van der Waals surface area contributed by atoms with Crippen molar-refractivity contribution in [2.75, 3.05) is 13.2 Å². The molecule has 1 heterocycles. The zero-order valence-electron chi connectivity index (χ0n) is 7.51. The van der Waals surface area contributed by atoms with Crippen LogP contribution in [0.3, 0.4) is 0 Å². The van der Waals surface area contributed by atoms with Crippen LogP contribution in [-0.4, -0.2) is 30.8 Å². The van der Waals surface area contributed by atoms with E-state index >= 15 is 0 Å². The second kappa shape index (κ2) is 3.25. The highest BCUT2D eigenvalue weighted by Crippen LogP contribution is 2.25. The topological polar surface area (TPSA) is 38.3 Å². The highest BCUT2D eigenvalue weighted by Gasteiger charge is 2.43. The molecule has 1 N–H and O–H groups in total. The van der Waals surface area contributed by atoms with Crippen molar-refractivity contribution in [2.24, 2.45) is 0 Å². The van der Waals surface area contributed by atoms with Crippen molar-refractivity contribution in [3.8, 4) is 0 Å². The van der Waals surface area contributed by atoms with E-state index in [4.69, 9.17) is 4.74 Å². The fourth-order valence-electron chi connectivity index (χ4n) is 1.59. The van der Waals surface area contributed by atoms with Crippen LogP contribution in [0, 0.1) is 0 Å². The lowest BCUT2D eigenvalue weighted by atomic mass is 9.92. The van der Waals surface area contributed by atoms with Gasteiger partial charge in [0.15, 0.2) is 0 Å². The van der Waals surface area contributed by atoms with E-state index in [1.807, 2.05) is 0 Å². The van der Waals surface area contributed by atoms with Gasteiger partial charge >= 0.3 is 0 Å². The zero-order valence-corrected chi connectivity index (χ0v) is 7.51. The van der Waals surface area contributed by atoms with Gasteiger partial charge in [-0.3, -0.25) is 4.79 Å². The van der Waals surface area contributed by atoms with Gasteiger partial charge in [-0.25, -0.2) is 4.39 Å². The Balaban J connectivity index is 1.87. The van der Waals surface area contributed by atoms with Crippen molar-refractivity contribution in [3.63, 3.8) is 0 Å². The average molecular weight is 187 g/mol. The molecule has 1 saturated heterocycles. The summed E-state index contributed by atoms with van der Waals surface area (Å²) in [6.45, 7) is 0.278. The van der Waals surface area contributed by atoms with Crippen LogP contribution >= 0.6 is 0 Å². The molecule has 1 amide bonds. The summed E-state index contributed by atoms with van der Waals surface area (Å²) in [6, 6.07) is 0.209. The minimum atomic E-state index is -1.75. The fraction of sp³-hybridized carbons (Fsp3) is 0.889. The largest absolute Gasteiger partial charge is 0.377 e. The molecule has 0 spiro atoms. The molecule has 1 aliphatic carbocycles. The van der Waals surface area contributed by atoms with E-state index in [2.05, 4.69) is 5.32 Å². The number of carbonyl (C=O) groups excluding carboxylic acids is 1. The minimum absolute atomic E-state index is 0.0778. The third-order valence-corrected chi connectivity index (χ3v) is 2.82. The molecule has 1 unspecified atom stereocenters. The van der Waals surface area contributed by atoms with Gasteiger partial charge in [-0.2, -0.15) is 0 Å². The summed E-state index contributed by atoms with van der Waals surface area (Å²) in [5, 5.41) is 2.70. The minimum Gasteiger partial charge on any atom is -0.377 e. The summed E-state index contributed by atoms with van der Waals surface area (Å²) in [5.41, 5.74) is -1.75. The van der Waals surface area contributed by atoms with E-state index < -0.39 is 11.6 Å². The van der Waals surface area contributed by atoms with Crippen LogP contribution in [0.4, 0.5) is 4.39 Å². The number of nitrogens with one attached hydrogen (secondary N) is 1. The predicted octanol–water partition coefficient (Wildman–Crippen LogP) is 0.784. The molecule has 3 nitrogen and oxygen atoms in total. The van der Waals surface area contributed by atoms with Crippen LogP contribution in [0.2, 0.25) is 0 Å². The monoisotopic (exact) mass is 187 g/mol. The number of hydrogen-bond donors (Lipinski definition) is 1. The van der Waals surface area contributed by atoms with E-state index in [9.17, 15) is 9.18 Å². The molecule has 0 aromatic rings. The molecule has 1 saturated carbocycles. The van der Waals surface area contributed by atoms with Crippen molar-refractivity contribution in [2.45, 2.75) is 37.4 Å². The van der Waals surface area contributed by atoms with Crippen LogP contribution in [0.5, 0.6) is 0 Å².